The molecule has 0 saturated carbocycles. The smallest absolute Gasteiger partial charge is 0.408 e. The van der Waals surface area contributed by atoms with E-state index >= 15 is 0 Å². The summed E-state index contributed by atoms with van der Waals surface area (Å²) >= 11 is 0. The van der Waals surface area contributed by atoms with E-state index in [4.69, 9.17) is 9.47 Å². The van der Waals surface area contributed by atoms with Crippen molar-refractivity contribution in [3.63, 3.8) is 0 Å². The molecule has 0 aromatic heterocycles. The summed E-state index contributed by atoms with van der Waals surface area (Å²) < 4.78 is 47.3. The van der Waals surface area contributed by atoms with Gasteiger partial charge in [0, 0.05) is 18.0 Å². The highest BCUT2D eigenvalue weighted by molar-refractivity contribution is 7.90. The molecule has 0 aliphatic carbocycles. The minimum absolute atomic E-state index is 0.0167. The maximum absolute atomic E-state index is 14.0. The summed E-state index contributed by atoms with van der Waals surface area (Å²) in [5.74, 6) is -1.66. The Hall–Kier alpha value is -3.14. The van der Waals surface area contributed by atoms with Gasteiger partial charge in [-0.2, -0.15) is 0 Å². The highest BCUT2D eigenvalue weighted by Gasteiger charge is 2.23. The summed E-state index contributed by atoms with van der Waals surface area (Å²) in [6.45, 7) is 1.98. The molecule has 2 amide bonds. The van der Waals surface area contributed by atoms with Crippen LogP contribution in [0.1, 0.15) is 18.9 Å². The van der Waals surface area contributed by atoms with Crippen LogP contribution in [0.25, 0.3) is 0 Å². The van der Waals surface area contributed by atoms with Gasteiger partial charge < -0.3 is 20.1 Å². The normalized spacial score (nSPS) is 12.0. The largest absolute Gasteiger partial charge is 0.491 e. The zero-order valence-corrected chi connectivity index (χ0v) is 18.1. The number of rotatable bonds is 10. The Labute approximate surface area is 180 Å². The highest BCUT2D eigenvalue weighted by atomic mass is 32.2. The molecule has 0 aliphatic heterocycles. The van der Waals surface area contributed by atoms with E-state index in [1.54, 1.807) is 31.2 Å². The fraction of sp³-hybridized carbons (Fsp3) is 0.333. The fourth-order valence-corrected chi connectivity index (χ4v) is 3.25. The Bertz CT molecular complexity index is 998. The molecule has 0 radical (unpaired) electrons. The van der Waals surface area contributed by atoms with E-state index in [2.05, 4.69) is 10.6 Å². The van der Waals surface area contributed by atoms with Crippen LogP contribution in [0, 0.1) is 5.82 Å². The third-order valence-corrected chi connectivity index (χ3v) is 5.08. The number of amides is 2. The average Bonchev–Trinajstić information content (AvgIpc) is 2.71. The molecule has 2 N–H and O–H groups in total. The standard InChI is InChI=1S/C21H25FN2O6S/c1-3-29-19-10-9-16(13-17(19)22)23-20(25)18(11-12-31(2,27)28)24-21(26)30-14-15-7-5-4-6-8-15/h4-10,13,18H,3,11-12,14H2,1-2H3,(H,23,25)(H,24,26). The lowest BCUT2D eigenvalue weighted by molar-refractivity contribution is -0.118. The maximum Gasteiger partial charge on any atom is 0.408 e. The second kappa shape index (κ2) is 11.3. The van der Waals surface area contributed by atoms with Crippen molar-refractivity contribution >= 4 is 27.5 Å². The van der Waals surface area contributed by atoms with Crippen molar-refractivity contribution in [2.24, 2.45) is 0 Å². The van der Waals surface area contributed by atoms with Gasteiger partial charge in [-0.15, -0.1) is 0 Å². The van der Waals surface area contributed by atoms with Gasteiger partial charge in [0.25, 0.3) is 0 Å². The summed E-state index contributed by atoms with van der Waals surface area (Å²) in [7, 11) is -3.38. The maximum atomic E-state index is 14.0. The first kappa shape index (κ1) is 24.1. The topological polar surface area (TPSA) is 111 Å². The molecule has 0 heterocycles. The summed E-state index contributed by atoms with van der Waals surface area (Å²) in [4.78, 5) is 24.8. The number of hydrogen-bond acceptors (Lipinski definition) is 6. The van der Waals surface area contributed by atoms with Crippen molar-refractivity contribution in [2.45, 2.75) is 26.0 Å². The third-order valence-electron chi connectivity index (χ3n) is 4.10. The number of nitrogens with one attached hydrogen (secondary N) is 2. The van der Waals surface area contributed by atoms with Crippen LogP contribution in [0.3, 0.4) is 0 Å². The average molecular weight is 453 g/mol. The number of alkyl carbamates (subject to hydrolysis) is 1. The van der Waals surface area contributed by atoms with Gasteiger partial charge in [-0.25, -0.2) is 17.6 Å². The number of halogens is 1. The second-order valence-electron chi connectivity index (χ2n) is 6.74. The lowest BCUT2D eigenvalue weighted by atomic mass is 10.2. The SMILES string of the molecule is CCOc1ccc(NC(=O)C(CCS(C)(=O)=O)NC(=O)OCc2ccccc2)cc1F. The monoisotopic (exact) mass is 452 g/mol. The van der Waals surface area contributed by atoms with Crippen molar-refractivity contribution in [2.75, 3.05) is 23.9 Å². The van der Waals surface area contributed by atoms with Gasteiger partial charge in [-0.05, 0) is 31.0 Å². The van der Waals surface area contributed by atoms with Gasteiger partial charge in [-0.1, -0.05) is 30.3 Å². The highest BCUT2D eigenvalue weighted by Crippen LogP contribution is 2.21. The van der Waals surface area contributed by atoms with Crippen LogP contribution in [-0.2, 0) is 26.0 Å². The molecule has 1 unspecified atom stereocenters. The van der Waals surface area contributed by atoms with Gasteiger partial charge >= 0.3 is 6.09 Å². The number of anilines is 1. The lowest BCUT2D eigenvalue weighted by Gasteiger charge is -2.18. The zero-order valence-electron chi connectivity index (χ0n) is 17.3. The Morgan fingerprint density at radius 3 is 2.45 bits per heavy atom. The summed E-state index contributed by atoms with van der Waals surface area (Å²) in [6.07, 6.45) is -0.0299. The minimum Gasteiger partial charge on any atom is -0.491 e. The quantitative estimate of drug-likeness (QED) is 0.574. The molecule has 2 aromatic rings. The van der Waals surface area contributed by atoms with Crippen LogP contribution in [0.2, 0.25) is 0 Å². The molecular weight excluding hydrogens is 427 g/mol. The van der Waals surface area contributed by atoms with E-state index in [1.165, 1.54) is 12.1 Å². The number of ether oxygens (including phenoxy) is 2. The van der Waals surface area contributed by atoms with E-state index in [0.717, 1.165) is 17.9 Å². The van der Waals surface area contributed by atoms with Gasteiger partial charge in [0.2, 0.25) is 5.91 Å². The van der Waals surface area contributed by atoms with Crippen LogP contribution in [0.4, 0.5) is 14.9 Å². The van der Waals surface area contributed by atoms with Gasteiger partial charge in [0.1, 0.15) is 22.5 Å². The Morgan fingerprint density at radius 1 is 1.13 bits per heavy atom. The number of carbonyl (C=O) groups is 2. The summed E-state index contributed by atoms with van der Waals surface area (Å²) in [6, 6.07) is 11.6. The van der Waals surface area contributed by atoms with Crippen LogP contribution < -0.4 is 15.4 Å². The molecule has 0 spiro atoms. The van der Waals surface area contributed by atoms with Gasteiger partial charge in [0.15, 0.2) is 11.6 Å². The van der Waals surface area contributed by atoms with Crippen molar-refractivity contribution in [1.29, 1.82) is 0 Å². The molecule has 0 fully saturated rings. The van der Waals surface area contributed by atoms with Crippen LogP contribution in [0.15, 0.2) is 48.5 Å². The molecule has 2 aromatic carbocycles. The first-order valence-corrected chi connectivity index (χ1v) is 11.6. The molecule has 10 heteroatoms. The van der Waals surface area contributed by atoms with Crippen molar-refractivity contribution in [3.05, 3.63) is 59.9 Å². The van der Waals surface area contributed by atoms with Gasteiger partial charge in [0.05, 0.1) is 12.4 Å². The first-order chi connectivity index (χ1) is 14.7. The number of carbonyl (C=O) groups excluding carboxylic acids is 2. The van der Waals surface area contributed by atoms with E-state index in [1.807, 2.05) is 6.07 Å². The van der Waals surface area contributed by atoms with E-state index < -0.39 is 33.7 Å². The molecule has 2 rings (SSSR count). The number of hydrogen-bond donors (Lipinski definition) is 2. The predicted molar refractivity (Wildman–Crippen MR) is 114 cm³/mol. The number of benzene rings is 2. The van der Waals surface area contributed by atoms with E-state index in [-0.39, 0.29) is 36.8 Å². The molecule has 168 valence electrons. The lowest BCUT2D eigenvalue weighted by Crippen LogP contribution is -2.45. The third kappa shape index (κ3) is 8.63. The van der Waals surface area contributed by atoms with Crippen LogP contribution in [0.5, 0.6) is 5.75 Å². The predicted octanol–water partition coefficient (Wildman–Crippen LogP) is 2.89. The summed E-state index contributed by atoms with van der Waals surface area (Å²) in [5.41, 5.74) is 0.884. The molecular formula is C21H25FN2O6S. The van der Waals surface area contributed by atoms with Crippen molar-refractivity contribution < 1.29 is 31.9 Å². The van der Waals surface area contributed by atoms with Crippen LogP contribution in [-0.4, -0.2) is 45.1 Å². The Kier molecular flexibility index (Phi) is 8.80. The van der Waals surface area contributed by atoms with Crippen LogP contribution >= 0.6 is 0 Å². The second-order valence-corrected chi connectivity index (χ2v) is 9.00. The van der Waals surface area contributed by atoms with Crippen molar-refractivity contribution in [1.82, 2.24) is 5.32 Å². The molecule has 0 saturated heterocycles. The minimum atomic E-state index is -3.38. The molecule has 0 aliphatic rings. The van der Waals surface area contributed by atoms with Gasteiger partial charge in [-0.3, -0.25) is 4.79 Å². The Morgan fingerprint density at radius 2 is 1.84 bits per heavy atom. The molecule has 8 nitrogen and oxygen atoms in total. The molecule has 31 heavy (non-hydrogen) atoms. The summed E-state index contributed by atoms with van der Waals surface area (Å²) in [5, 5.41) is 4.84. The fourth-order valence-electron chi connectivity index (χ4n) is 2.59. The van der Waals surface area contributed by atoms with E-state index in [0.29, 0.717) is 0 Å². The molecule has 1 atom stereocenters. The first-order valence-electron chi connectivity index (χ1n) is 9.56. The number of sulfone groups is 1. The Balaban J connectivity index is 2.04. The van der Waals surface area contributed by atoms with E-state index in [9.17, 15) is 22.4 Å². The van der Waals surface area contributed by atoms with Crippen molar-refractivity contribution in [3.8, 4) is 5.75 Å². The molecule has 0 bridgehead atoms. The zero-order chi connectivity index (χ0) is 22.9.